The molecule has 0 bridgehead atoms. The lowest BCUT2D eigenvalue weighted by Gasteiger charge is -2.18. The van der Waals surface area contributed by atoms with Crippen molar-refractivity contribution in [1.82, 2.24) is 0 Å². The molecule has 0 unspecified atom stereocenters. The van der Waals surface area contributed by atoms with Crippen LogP contribution >= 0.6 is 0 Å². The second kappa shape index (κ2) is 8.24. The molecule has 0 saturated carbocycles. The predicted molar refractivity (Wildman–Crippen MR) is 110 cm³/mol. The third-order valence-electron chi connectivity index (χ3n) is 4.99. The Bertz CT molecular complexity index is 947. The zero-order valence-corrected chi connectivity index (χ0v) is 15.6. The smallest absolute Gasteiger partial charge is 0.137 e. The van der Waals surface area contributed by atoms with Gasteiger partial charge in [-0.25, -0.2) is 0 Å². The first-order valence-electron chi connectivity index (χ1n) is 9.47. The molecule has 0 fully saturated rings. The van der Waals surface area contributed by atoms with Gasteiger partial charge < -0.3 is 9.15 Å². The van der Waals surface area contributed by atoms with Crippen LogP contribution in [-0.4, -0.2) is 6.61 Å². The number of hydrogen-bond acceptors (Lipinski definition) is 2. The van der Waals surface area contributed by atoms with Crippen LogP contribution in [0.4, 0.5) is 0 Å². The van der Waals surface area contributed by atoms with Crippen molar-refractivity contribution in [3.63, 3.8) is 0 Å². The Hall–Kier alpha value is -2.84. The minimum Gasteiger partial charge on any atom is -0.458 e. The van der Waals surface area contributed by atoms with Gasteiger partial charge in [0.2, 0.25) is 0 Å². The average Bonchev–Trinajstić information content (AvgIpc) is 3.14. The van der Waals surface area contributed by atoms with E-state index in [4.69, 9.17) is 9.15 Å². The Morgan fingerprint density at radius 1 is 0.815 bits per heavy atom. The van der Waals surface area contributed by atoms with E-state index in [9.17, 15) is 0 Å². The van der Waals surface area contributed by atoms with Gasteiger partial charge in [0, 0.05) is 17.9 Å². The summed E-state index contributed by atoms with van der Waals surface area (Å²) in [6.45, 7) is 3.26. The van der Waals surface area contributed by atoms with E-state index in [1.807, 2.05) is 0 Å². The molecule has 0 amide bonds. The monoisotopic (exact) mass is 356 g/mol. The van der Waals surface area contributed by atoms with Crippen molar-refractivity contribution in [3.8, 4) is 0 Å². The van der Waals surface area contributed by atoms with E-state index < -0.39 is 0 Å². The lowest BCUT2D eigenvalue weighted by Crippen LogP contribution is -2.06. The molecule has 27 heavy (non-hydrogen) atoms. The topological polar surface area (TPSA) is 22.4 Å². The molecule has 0 N–H and O–H groups in total. The molecule has 3 aromatic carbocycles. The first-order valence-corrected chi connectivity index (χ1v) is 9.47. The second-order valence-corrected chi connectivity index (χ2v) is 6.92. The van der Waals surface area contributed by atoms with Crippen LogP contribution in [-0.2, 0) is 11.3 Å². The molecule has 4 rings (SSSR count). The molecule has 2 nitrogen and oxygen atoms in total. The zero-order valence-electron chi connectivity index (χ0n) is 15.6. The molecule has 0 saturated heterocycles. The van der Waals surface area contributed by atoms with E-state index in [0.29, 0.717) is 19.1 Å². The second-order valence-electron chi connectivity index (χ2n) is 6.92. The molecular weight excluding hydrogens is 332 g/mol. The summed E-state index contributed by atoms with van der Waals surface area (Å²) < 4.78 is 11.9. The first-order chi connectivity index (χ1) is 13.3. The quantitative estimate of drug-likeness (QED) is 0.354. The zero-order chi connectivity index (χ0) is 18.5. The molecule has 136 valence electrons. The highest BCUT2D eigenvalue weighted by Gasteiger charge is 2.14. The van der Waals surface area contributed by atoms with Gasteiger partial charge in [0.25, 0.3) is 0 Å². The Morgan fingerprint density at radius 2 is 1.48 bits per heavy atom. The molecule has 2 heteroatoms. The maximum atomic E-state index is 5.97. The van der Waals surface area contributed by atoms with Gasteiger partial charge in [0.15, 0.2) is 0 Å². The minimum absolute atomic E-state index is 0.338. The van der Waals surface area contributed by atoms with Gasteiger partial charge in [-0.3, -0.25) is 0 Å². The average molecular weight is 356 g/mol. The third kappa shape index (κ3) is 4.12. The van der Waals surface area contributed by atoms with E-state index in [2.05, 4.69) is 91.9 Å². The van der Waals surface area contributed by atoms with E-state index in [0.717, 1.165) is 28.7 Å². The van der Waals surface area contributed by atoms with E-state index in [1.54, 1.807) is 0 Å². The normalized spacial score (nSPS) is 11.3. The van der Waals surface area contributed by atoms with Crippen molar-refractivity contribution in [1.29, 1.82) is 0 Å². The van der Waals surface area contributed by atoms with E-state index >= 15 is 0 Å². The summed E-state index contributed by atoms with van der Waals surface area (Å²) in [5, 5.41) is 1.14. The van der Waals surface area contributed by atoms with Crippen LogP contribution in [0.5, 0.6) is 0 Å². The number of ether oxygens (including phenoxy) is 1. The standard InChI is InChI=1S/C25H24O2/c1-19-9-8-14-22-17-23(27-25(19)22)18-26-16-15-24(20-10-4-2-5-11-20)21-12-6-3-7-13-21/h2-14,17,24H,15-16,18H2,1H3. The molecule has 1 aromatic heterocycles. The molecule has 4 aromatic rings. The fourth-order valence-electron chi connectivity index (χ4n) is 3.60. The van der Waals surface area contributed by atoms with Crippen LogP contribution in [0.1, 0.15) is 34.8 Å². The van der Waals surface area contributed by atoms with Crippen molar-refractivity contribution in [2.75, 3.05) is 6.61 Å². The number of fused-ring (bicyclic) bond motifs is 1. The number of furan rings is 1. The number of benzene rings is 3. The third-order valence-corrected chi connectivity index (χ3v) is 4.99. The summed E-state index contributed by atoms with van der Waals surface area (Å²) >= 11 is 0. The van der Waals surface area contributed by atoms with Gasteiger partial charge in [-0.15, -0.1) is 0 Å². The summed E-state index contributed by atoms with van der Waals surface area (Å²) in [5.74, 6) is 1.22. The first kappa shape index (κ1) is 17.6. The Labute approximate surface area is 160 Å². The van der Waals surface area contributed by atoms with Gasteiger partial charge in [0.05, 0.1) is 0 Å². The van der Waals surface area contributed by atoms with Gasteiger partial charge >= 0.3 is 0 Å². The maximum Gasteiger partial charge on any atom is 0.137 e. The summed E-state index contributed by atoms with van der Waals surface area (Å²) in [7, 11) is 0. The van der Waals surface area contributed by atoms with Gasteiger partial charge in [0.1, 0.15) is 18.0 Å². The number of rotatable bonds is 7. The van der Waals surface area contributed by atoms with Gasteiger partial charge in [-0.2, -0.15) is 0 Å². The Morgan fingerprint density at radius 3 is 2.11 bits per heavy atom. The molecule has 0 spiro atoms. The minimum atomic E-state index is 0.338. The molecule has 0 radical (unpaired) electrons. The fraction of sp³-hybridized carbons (Fsp3) is 0.200. The fourth-order valence-corrected chi connectivity index (χ4v) is 3.60. The summed E-state index contributed by atoms with van der Waals surface area (Å²) in [4.78, 5) is 0. The number of para-hydroxylation sites is 1. The van der Waals surface area contributed by atoms with Crippen molar-refractivity contribution >= 4 is 11.0 Å². The number of hydrogen-bond donors (Lipinski definition) is 0. The van der Waals surface area contributed by atoms with Gasteiger partial charge in [-0.1, -0.05) is 78.9 Å². The highest BCUT2D eigenvalue weighted by Crippen LogP contribution is 2.28. The molecule has 0 aliphatic rings. The lowest BCUT2D eigenvalue weighted by molar-refractivity contribution is 0.103. The van der Waals surface area contributed by atoms with E-state index in [-0.39, 0.29) is 0 Å². The summed E-state index contributed by atoms with van der Waals surface area (Å²) in [6.07, 6.45) is 0.938. The molecular formula is C25H24O2. The van der Waals surface area contributed by atoms with Crippen molar-refractivity contribution < 1.29 is 9.15 Å². The van der Waals surface area contributed by atoms with Crippen LogP contribution in [0.2, 0.25) is 0 Å². The van der Waals surface area contributed by atoms with Crippen molar-refractivity contribution in [2.24, 2.45) is 0 Å². The summed E-state index contributed by atoms with van der Waals surface area (Å²) in [5.41, 5.74) is 4.77. The highest BCUT2D eigenvalue weighted by molar-refractivity contribution is 5.80. The molecule has 0 aliphatic heterocycles. The van der Waals surface area contributed by atoms with Crippen LogP contribution in [0.15, 0.2) is 89.3 Å². The van der Waals surface area contributed by atoms with Crippen molar-refractivity contribution in [2.45, 2.75) is 25.9 Å². The molecule has 0 aliphatic carbocycles. The van der Waals surface area contributed by atoms with Crippen molar-refractivity contribution in [3.05, 3.63) is 107 Å². The Kier molecular flexibility index (Phi) is 5.36. The van der Waals surface area contributed by atoms with Crippen LogP contribution in [0.25, 0.3) is 11.0 Å². The highest BCUT2D eigenvalue weighted by atomic mass is 16.5. The predicted octanol–water partition coefficient (Wildman–Crippen LogP) is 6.48. The van der Waals surface area contributed by atoms with Crippen LogP contribution < -0.4 is 0 Å². The van der Waals surface area contributed by atoms with Crippen LogP contribution in [0, 0.1) is 6.92 Å². The van der Waals surface area contributed by atoms with E-state index in [1.165, 1.54) is 11.1 Å². The maximum absolute atomic E-state index is 5.97. The SMILES string of the molecule is Cc1cccc2cc(COCCC(c3ccccc3)c3ccccc3)oc12. The van der Waals surface area contributed by atoms with Crippen LogP contribution in [0.3, 0.4) is 0 Å². The lowest BCUT2D eigenvalue weighted by atomic mass is 9.89. The number of aryl methyl sites for hydroxylation is 1. The molecule has 1 heterocycles. The molecule has 0 atom stereocenters. The van der Waals surface area contributed by atoms with Gasteiger partial charge in [-0.05, 0) is 36.1 Å². The summed E-state index contributed by atoms with van der Waals surface area (Å²) in [6, 6.07) is 29.6. The Balaban J connectivity index is 1.41. The largest absolute Gasteiger partial charge is 0.458 e.